The first-order valence-corrected chi connectivity index (χ1v) is 12.2. The van der Waals surface area contributed by atoms with E-state index < -0.39 is 21.9 Å². The molecule has 2 aromatic carbocycles. The highest BCUT2D eigenvalue weighted by atomic mass is 32.2. The Kier molecular flexibility index (Phi) is 6.41. The second-order valence-electron chi connectivity index (χ2n) is 8.05. The summed E-state index contributed by atoms with van der Waals surface area (Å²) < 4.78 is 40.9. The van der Waals surface area contributed by atoms with Gasteiger partial charge in [-0.3, -0.25) is 14.5 Å². The van der Waals surface area contributed by atoms with Crippen molar-refractivity contribution in [2.45, 2.75) is 43.2 Å². The number of nitrogens with zero attached hydrogens (tertiary/aromatic N) is 3. The number of imide groups is 1. The molecule has 32 heavy (non-hydrogen) atoms. The van der Waals surface area contributed by atoms with Gasteiger partial charge < -0.3 is 0 Å². The number of halogens is 1. The number of carbonyl (C=O) groups excluding carboxylic acids is 2. The molecule has 170 valence electrons. The number of rotatable bonds is 6. The van der Waals surface area contributed by atoms with E-state index in [-0.39, 0.29) is 29.2 Å². The zero-order valence-electron chi connectivity index (χ0n) is 17.9. The lowest BCUT2D eigenvalue weighted by Crippen LogP contribution is -2.51. The van der Waals surface area contributed by atoms with Gasteiger partial charge in [0.05, 0.1) is 23.0 Å². The lowest BCUT2D eigenvalue weighted by atomic mass is 10.0. The normalized spacial score (nSPS) is 21.0. The highest BCUT2D eigenvalue weighted by Crippen LogP contribution is 2.30. The second kappa shape index (κ2) is 9.09. The molecule has 0 bridgehead atoms. The molecule has 2 aromatic rings. The van der Waals surface area contributed by atoms with Crippen LogP contribution in [0, 0.1) is 5.82 Å². The van der Waals surface area contributed by atoms with E-state index in [0.29, 0.717) is 38.2 Å². The number of likely N-dealkylation sites (tertiary alicyclic amines) is 1. The number of hydrogen-bond donors (Lipinski definition) is 0. The molecule has 4 rings (SSSR count). The summed E-state index contributed by atoms with van der Waals surface area (Å²) >= 11 is 0. The minimum absolute atomic E-state index is 0.0701. The summed E-state index contributed by atoms with van der Waals surface area (Å²) in [5.41, 5.74) is 0.366. The van der Waals surface area contributed by atoms with Crippen molar-refractivity contribution in [2.24, 2.45) is 0 Å². The van der Waals surface area contributed by atoms with Gasteiger partial charge in [0.15, 0.2) is 0 Å². The van der Waals surface area contributed by atoms with E-state index in [9.17, 15) is 22.4 Å². The standard InChI is InChI=1S/C23H26FN3O4S/c1-2-26(32(30,31)20-6-4-3-5-7-20)18-12-14-25(15-13-18)21-16-22(28)27(23(21)29)19-10-8-17(24)9-11-19/h3-11,18,21H,2,12-16H2,1H3. The molecular formula is C23H26FN3O4S. The fourth-order valence-corrected chi connectivity index (χ4v) is 6.32. The van der Waals surface area contributed by atoms with E-state index in [2.05, 4.69) is 0 Å². The molecule has 0 aliphatic carbocycles. The van der Waals surface area contributed by atoms with E-state index in [1.165, 1.54) is 28.6 Å². The topological polar surface area (TPSA) is 78.0 Å². The minimum Gasteiger partial charge on any atom is -0.291 e. The molecule has 0 spiro atoms. The summed E-state index contributed by atoms with van der Waals surface area (Å²) in [6.07, 6.45) is 1.23. The molecular weight excluding hydrogens is 433 g/mol. The monoisotopic (exact) mass is 459 g/mol. The van der Waals surface area contributed by atoms with Crippen LogP contribution in [0.1, 0.15) is 26.2 Å². The number of amides is 2. The van der Waals surface area contributed by atoms with Crippen LogP contribution in [0.15, 0.2) is 59.5 Å². The Morgan fingerprint density at radius 2 is 1.62 bits per heavy atom. The minimum atomic E-state index is -3.60. The highest BCUT2D eigenvalue weighted by molar-refractivity contribution is 7.89. The first-order chi connectivity index (χ1) is 15.3. The number of hydrogen-bond acceptors (Lipinski definition) is 5. The number of carbonyl (C=O) groups is 2. The average molecular weight is 460 g/mol. The zero-order valence-corrected chi connectivity index (χ0v) is 18.7. The van der Waals surface area contributed by atoms with E-state index in [1.807, 2.05) is 11.8 Å². The first kappa shape index (κ1) is 22.6. The number of sulfonamides is 1. The molecule has 2 aliphatic heterocycles. The summed E-state index contributed by atoms with van der Waals surface area (Å²) in [6, 6.07) is 12.9. The smallest absolute Gasteiger partial charge is 0.251 e. The Bertz CT molecular complexity index is 1080. The average Bonchev–Trinajstić information content (AvgIpc) is 3.10. The largest absolute Gasteiger partial charge is 0.291 e. The van der Waals surface area contributed by atoms with Gasteiger partial charge in [0, 0.05) is 25.7 Å². The van der Waals surface area contributed by atoms with Crippen LogP contribution in [-0.2, 0) is 19.6 Å². The van der Waals surface area contributed by atoms with Crippen molar-refractivity contribution in [1.82, 2.24) is 9.21 Å². The van der Waals surface area contributed by atoms with Gasteiger partial charge in [-0.1, -0.05) is 25.1 Å². The molecule has 1 unspecified atom stereocenters. The Morgan fingerprint density at radius 1 is 1.00 bits per heavy atom. The van der Waals surface area contributed by atoms with E-state index >= 15 is 0 Å². The fraction of sp³-hybridized carbons (Fsp3) is 0.391. The van der Waals surface area contributed by atoms with Crippen LogP contribution in [0.25, 0.3) is 0 Å². The maximum absolute atomic E-state index is 13.2. The third-order valence-electron chi connectivity index (χ3n) is 6.22. The molecule has 1 atom stereocenters. The highest BCUT2D eigenvalue weighted by Gasteiger charge is 2.44. The lowest BCUT2D eigenvalue weighted by Gasteiger charge is -2.39. The zero-order chi connectivity index (χ0) is 22.9. The molecule has 0 N–H and O–H groups in total. The van der Waals surface area contributed by atoms with Crippen LogP contribution in [-0.4, -0.2) is 61.2 Å². The summed E-state index contributed by atoms with van der Waals surface area (Å²) in [4.78, 5) is 28.9. The molecule has 0 radical (unpaired) electrons. The van der Waals surface area contributed by atoms with Gasteiger partial charge in [0.2, 0.25) is 15.9 Å². The molecule has 2 heterocycles. The van der Waals surface area contributed by atoms with Crippen LogP contribution in [0.5, 0.6) is 0 Å². The Balaban J connectivity index is 1.44. The molecule has 2 amide bonds. The molecule has 7 nitrogen and oxygen atoms in total. The van der Waals surface area contributed by atoms with Gasteiger partial charge in [-0.25, -0.2) is 17.7 Å². The predicted octanol–water partition coefficient (Wildman–Crippen LogP) is 2.63. The number of piperidine rings is 1. The van der Waals surface area contributed by atoms with Crippen LogP contribution in [0.4, 0.5) is 10.1 Å². The van der Waals surface area contributed by atoms with Crippen molar-refractivity contribution in [3.8, 4) is 0 Å². The van der Waals surface area contributed by atoms with Crippen molar-refractivity contribution in [3.63, 3.8) is 0 Å². The number of anilines is 1. The van der Waals surface area contributed by atoms with Crippen molar-refractivity contribution in [2.75, 3.05) is 24.5 Å². The van der Waals surface area contributed by atoms with Crippen molar-refractivity contribution < 1.29 is 22.4 Å². The van der Waals surface area contributed by atoms with Crippen LogP contribution < -0.4 is 4.90 Å². The Labute approximate surface area is 187 Å². The maximum atomic E-state index is 13.2. The van der Waals surface area contributed by atoms with Crippen LogP contribution in [0.2, 0.25) is 0 Å². The summed E-state index contributed by atoms with van der Waals surface area (Å²) in [5.74, 6) is -1.06. The lowest BCUT2D eigenvalue weighted by molar-refractivity contribution is -0.123. The van der Waals surface area contributed by atoms with Gasteiger partial charge in [-0.2, -0.15) is 4.31 Å². The molecule has 0 aromatic heterocycles. The first-order valence-electron chi connectivity index (χ1n) is 10.8. The van der Waals surface area contributed by atoms with Gasteiger partial charge in [-0.15, -0.1) is 0 Å². The van der Waals surface area contributed by atoms with E-state index in [4.69, 9.17) is 0 Å². The fourth-order valence-electron chi connectivity index (χ4n) is 4.60. The maximum Gasteiger partial charge on any atom is 0.251 e. The van der Waals surface area contributed by atoms with Crippen molar-refractivity contribution in [3.05, 3.63) is 60.4 Å². The van der Waals surface area contributed by atoms with Gasteiger partial charge in [0.1, 0.15) is 5.82 Å². The molecule has 2 saturated heterocycles. The molecule has 2 fully saturated rings. The molecule has 9 heteroatoms. The van der Waals surface area contributed by atoms with Crippen molar-refractivity contribution >= 4 is 27.5 Å². The molecule has 0 saturated carbocycles. The predicted molar refractivity (Wildman–Crippen MR) is 118 cm³/mol. The van der Waals surface area contributed by atoms with Crippen molar-refractivity contribution in [1.29, 1.82) is 0 Å². The third-order valence-corrected chi connectivity index (χ3v) is 8.26. The Morgan fingerprint density at radius 3 is 2.22 bits per heavy atom. The summed E-state index contributed by atoms with van der Waals surface area (Å²) in [7, 11) is -3.60. The quantitative estimate of drug-likeness (QED) is 0.621. The van der Waals surface area contributed by atoms with Crippen LogP contribution >= 0.6 is 0 Å². The number of benzene rings is 2. The van der Waals surface area contributed by atoms with Crippen LogP contribution in [0.3, 0.4) is 0 Å². The Hall–Kier alpha value is -2.62. The van der Waals surface area contributed by atoms with Gasteiger partial charge in [-0.05, 0) is 49.2 Å². The summed E-state index contributed by atoms with van der Waals surface area (Å²) in [6.45, 7) is 3.23. The third kappa shape index (κ3) is 4.20. The van der Waals surface area contributed by atoms with Gasteiger partial charge in [0.25, 0.3) is 5.91 Å². The van der Waals surface area contributed by atoms with E-state index in [1.54, 1.807) is 30.3 Å². The molecule has 2 aliphatic rings. The van der Waals surface area contributed by atoms with E-state index in [0.717, 1.165) is 4.90 Å². The summed E-state index contributed by atoms with van der Waals surface area (Å²) in [5, 5.41) is 0. The van der Waals surface area contributed by atoms with Gasteiger partial charge >= 0.3 is 0 Å². The second-order valence-corrected chi connectivity index (χ2v) is 9.94. The SMILES string of the molecule is CCN(C1CCN(C2CC(=O)N(c3ccc(F)cc3)C2=O)CC1)S(=O)(=O)c1ccccc1.